The van der Waals surface area contributed by atoms with Gasteiger partial charge < -0.3 is 14.6 Å². The van der Waals surface area contributed by atoms with Crippen molar-refractivity contribution in [2.24, 2.45) is 0 Å². The molecule has 162 valence electrons. The number of pyridine rings is 1. The molecule has 3 rings (SSSR count). The van der Waals surface area contributed by atoms with E-state index in [1.807, 2.05) is 0 Å². The van der Waals surface area contributed by atoms with E-state index in [-0.39, 0.29) is 29.0 Å². The van der Waals surface area contributed by atoms with Gasteiger partial charge in [-0.1, -0.05) is 0 Å². The predicted octanol–water partition coefficient (Wildman–Crippen LogP) is 3.44. The topological polar surface area (TPSA) is 88.3 Å². The van der Waals surface area contributed by atoms with Crippen LogP contribution in [0.4, 0.5) is 13.2 Å². The Morgan fingerprint density at radius 2 is 1.83 bits per heavy atom. The maximum Gasteiger partial charge on any atom is 0.433 e. The van der Waals surface area contributed by atoms with Crippen molar-refractivity contribution in [1.82, 2.24) is 20.2 Å². The van der Waals surface area contributed by atoms with Crippen LogP contribution in [0.5, 0.6) is 0 Å². The van der Waals surface area contributed by atoms with Gasteiger partial charge in [-0.2, -0.15) is 13.2 Å². The highest BCUT2D eigenvalue weighted by Crippen LogP contribution is 2.28. The van der Waals surface area contributed by atoms with Gasteiger partial charge in [0.05, 0.1) is 17.0 Å². The van der Waals surface area contributed by atoms with Crippen LogP contribution in [0, 0.1) is 20.8 Å². The van der Waals surface area contributed by atoms with Gasteiger partial charge in [-0.3, -0.25) is 9.59 Å². The molecule has 1 N–H and O–H groups in total. The van der Waals surface area contributed by atoms with Crippen molar-refractivity contribution in [1.29, 1.82) is 0 Å². The molecule has 0 spiro atoms. The van der Waals surface area contributed by atoms with Gasteiger partial charge in [0, 0.05) is 26.1 Å². The van der Waals surface area contributed by atoms with Gasteiger partial charge in [0.2, 0.25) is 5.76 Å². The van der Waals surface area contributed by atoms with Crippen molar-refractivity contribution in [2.45, 2.75) is 52.3 Å². The van der Waals surface area contributed by atoms with Crippen molar-refractivity contribution in [2.75, 3.05) is 13.1 Å². The minimum absolute atomic E-state index is 0.0175. The molecule has 0 aromatic carbocycles. The van der Waals surface area contributed by atoms with E-state index in [0.29, 0.717) is 43.9 Å². The zero-order valence-corrected chi connectivity index (χ0v) is 17.0. The molecule has 10 heteroatoms. The van der Waals surface area contributed by atoms with E-state index in [4.69, 9.17) is 4.42 Å². The molecule has 0 saturated carbocycles. The normalized spacial score (nSPS) is 17.5. The Bertz CT molecular complexity index is 955. The Morgan fingerprint density at radius 3 is 2.43 bits per heavy atom. The Labute approximate surface area is 171 Å². The summed E-state index contributed by atoms with van der Waals surface area (Å²) in [5, 5.41) is 2.85. The van der Waals surface area contributed by atoms with Gasteiger partial charge in [0.1, 0.15) is 5.69 Å². The number of oxazole rings is 1. The number of nitrogens with zero attached hydrogens (tertiary/aromatic N) is 3. The number of hydrogen-bond acceptors (Lipinski definition) is 5. The Morgan fingerprint density at radius 1 is 1.10 bits per heavy atom. The molecule has 1 fully saturated rings. The number of likely N-dealkylation sites (tertiary alicyclic amines) is 1. The standard InChI is InChI=1S/C20H23F3N4O3/c1-11-15(6-7-16(25-11)20(21,22)23)18(28)26-14-5-4-9-27(10-8-14)19(29)17-12(2)24-13(3)30-17/h6-7,14H,4-5,8-10H2,1-3H3,(H,26,28). The van der Waals surface area contributed by atoms with Crippen molar-refractivity contribution < 1.29 is 27.2 Å². The first kappa shape index (κ1) is 21.8. The number of aryl methyl sites for hydroxylation is 3. The number of carbonyl (C=O) groups is 2. The van der Waals surface area contributed by atoms with Crippen LogP contribution in [0.3, 0.4) is 0 Å². The Balaban J connectivity index is 1.63. The van der Waals surface area contributed by atoms with E-state index in [9.17, 15) is 22.8 Å². The van der Waals surface area contributed by atoms with Gasteiger partial charge in [-0.15, -0.1) is 0 Å². The monoisotopic (exact) mass is 424 g/mol. The molecule has 1 unspecified atom stereocenters. The average Bonchev–Trinajstić information content (AvgIpc) is 2.86. The number of aromatic nitrogens is 2. The van der Waals surface area contributed by atoms with Crippen molar-refractivity contribution in [3.05, 3.63) is 46.4 Å². The molecular formula is C20H23F3N4O3. The quantitative estimate of drug-likeness (QED) is 0.816. The smallest absolute Gasteiger partial charge is 0.433 e. The van der Waals surface area contributed by atoms with Gasteiger partial charge >= 0.3 is 6.18 Å². The number of nitrogens with one attached hydrogen (secondary N) is 1. The fourth-order valence-electron chi connectivity index (χ4n) is 3.54. The lowest BCUT2D eigenvalue weighted by molar-refractivity contribution is -0.141. The van der Waals surface area contributed by atoms with E-state index >= 15 is 0 Å². The van der Waals surface area contributed by atoms with E-state index in [1.165, 1.54) is 6.92 Å². The van der Waals surface area contributed by atoms with Crippen LogP contribution in [0.2, 0.25) is 0 Å². The van der Waals surface area contributed by atoms with E-state index in [1.54, 1.807) is 18.7 Å². The van der Waals surface area contributed by atoms with Crippen LogP contribution < -0.4 is 5.32 Å². The Hall–Kier alpha value is -2.91. The minimum Gasteiger partial charge on any atom is -0.436 e. The number of rotatable bonds is 3. The summed E-state index contributed by atoms with van der Waals surface area (Å²) in [6.45, 7) is 5.71. The second kappa shape index (κ2) is 8.45. The molecule has 3 heterocycles. The summed E-state index contributed by atoms with van der Waals surface area (Å²) in [4.78, 5) is 34.5. The first-order valence-electron chi connectivity index (χ1n) is 9.65. The molecule has 1 atom stereocenters. The van der Waals surface area contributed by atoms with Crippen molar-refractivity contribution >= 4 is 11.8 Å². The number of carbonyl (C=O) groups excluding carboxylic acids is 2. The molecule has 0 aliphatic carbocycles. The SMILES string of the molecule is Cc1nc(C)c(C(=O)N2CCCC(NC(=O)c3ccc(C(F)(F)F)nc3C)CC2)o1. The number of alkyl halides is 3. The third-order valence-electron chi connectivity index (χ3n) is 5.07. The molecule has 7 nitrogen and oxygen atoms in total. The fraction of sp³-hybridized carbons (Fsp3) is 0.500. The minimum atomic E-state index is -4.56. The molecular weight excluding hydrogens is 401 g/mol. The number of halogens is 3. The molecule has 2 aromatic heterocycles. The van der Waals surface area contributed by atoms with Gasteiger partial charge in [0.25, 0.3) is 11.8 Å². The number of hydrogen-bond donors (Lipinski definition) is 1. The van der Waals surface area contributed by atoms with Crippen molar-refractivity contribution in [3.8, 4) is 0 Å². The summed E-state index contributed by atoms with van der Waals surface area (Å²) in [7, 11) is 0. The summed E-state index contributed by atoms with van der Waals surface area (Å²) in [6.07, 6.45) is -2.71. The van der Waals surface area contributed by atoms with Gasteiger partial charge in [0.15, 0.2) is 5.89 Å². The van der Waals surface area contributed by atoms with E-state index in [0.717, 1.165) is 12.1 Å². The average molecular weight is 424 g/mol. The second-order valence-electron chi connectivity index (χ2n) is 7.37. The van der Waals surface area contributed by atoms with Gasteiger partial charge in [-0.25, -0.2) is 9.97 Å². The van der Waals surface area contributed by atoms with Crippen LogP contribution in [0.25, 0.3) is 0 Å². The van der Waals surface area contributed by atoms with Crippen LogP contribution >= 0.6 is 0 Å². The van der Waals surface area contributed by atoms with Crippen molar-refractivity contribution in [3.63, 3.8) is 0 Å². The van der Waals surface area contributed by atoms with E-state index in [2.05, 4.69) is 15.3 Å². The largest absolute Gasteiger partial charge is 0.436 e. The lowest BCUT2D eigenvalue weighted by atomic mass is 10.1. The van der Waals surface area contributed by atoms with Crippen LogP contribution in [0.1, 0.15) is 63.1 Å². The first-order chi connectivity index (χ1) is 14.1. The zero-order valence-electron chi connectivity index (χ0n) is 17.0. The molecule has 30 heavy (non-hydrogen) atoms. The Kier molecular flexibility index (Phi) is 6.14. The highest BCUT2D eigenvalue weighted by atomic mass is 19.4. The molecule has 1 aliphatic rings. The summed E-state index contributed by atoms with van der Waals surface area (Å²) in [5.74, 6) is -0.0548. The molecule has 0 radical (unpaired) electrons. The van der Waals surface area contributed by atoms with Gasteiger partial charge in [-0.05, 0) is 45.2 Å². The third-order valence-corrected chi connectivity index (χ3v) is 5.07. The molecule has 1 saturated heterocycles. The summed E-state index contributed by atoms with van der Waals surface area (Å²) < 4.78 is 43.7. The molecule has 2 aromatic rings. The lowest BCUT2D eigenvalue weighted by Crippen LogP contribution is -2.37. The van der Waals surface area contributed by atoms with Crippen LogP contribution in [0.15, 0.2) is 16.5 Å². The van der Waals surface area contributed by atoms with E-state index < -0.39 is 17.8 Å². The van der Waals surface area contributed by atoms with Crippen LogP contribution in [-0.4, -0.2) is 45.8 Å². The fourth-order valence-corrected chi connectivity index (χ4v) is 3.54. The molecule has 1 aliphatic heterocycles. The zero-order chi connectivity index (χ0) is 22.1. The highest BCUT2D eigenvalue weighted by molar-refractivity contribution is 5.95. The van der Waals surface area contributed by atoms with Crippen LogP contribution in [-0.2, 0) is 6.18 Å². The maximum absolute atomic E-state index is 12.8. The lowest BCUT2D eigenvalue weighted by Gasteiger charge is -2.20. The highest BCUT2D eigenvalue weighted by Gasteiger charge is 2.33. The predicted molar refractivity (Wildman–Crippen MR) is 101 cm³/mol. The second-order valence-corrected chi connectivity index (χ2v) is 7.37. The first-order valence-corrected chi connectivity index (χ1v) is 9.65. The summed E-state index contributed by atoms with van der Waals surface area (Å²) in [5.41, 5.74) is -0.369. The third kappa shape index (κ3) is 4.80. The number of amides is 2. The molecule has 0 bridgehead atoms. The summed E-state index contributed by atoms with van der Waals surface area (Å²) in [6, 6.07) is 1.74. The molecule has 2 amide bonds. The maximum atomic E-state index is 12.8. The summed E-state index contributed by atoms with van der Waals surface area (Å²) >= 11 is 0.